The molecule has 1 aromatic carbocycles. The number of aliphatic hydroxyl groups excluding tert-OH is 1. The van der Waals surface area contributed by atoms with Gasteiger partial charge in [-0.1, -0.05) is 30.3 Å². The summed E-state index contributed by atoms with van der Waals surface area (Å²) in [5.41, 5.74) is 1.31. The van der Waals surface area contributed by atoms with Crippen LogP contribution in [0.1, 0.15) is 24.8 Å². The first-order valence-corrected chi connectivity index (χ1v) is 9.19. The van der Waals surface area contributed by atoms with Gasteiger partial charge in [0.15, 0.2) is 0 Å². The van der Waals surface area contributed by atoms with Crippen LogP contribution in [0.25, 0.3) is 0 Å². The van der Waals surface area contributed by atoms with Gasteiger partial charge in [0.2, 0.25) is 0 Å². The SMILES string of the molecule is O=C(NCCCc1ccccc1)N1CCN(CC(O)C2CC2)CC1. The maximum atomic E-state index is 12.2. The Morgan fingerprint density at radius 3 is 2.54 bits per heavy atom. The Kier molecular flexibility index (Phi) is 6.10. The van der Waals surface area contributed by atoms with E-state index >= 15 is 0 Å². The lowest BCUT2D eigenvalue weighted by molar-refractivity contribution is 0.0696. The summed E-state index contributed by atoms with van der Waals surface area (Å²) in [4.78, 5) is 16.4. The van der Waals surface area contributed by atoms with E-state index in [9.17, 15) is 9.90 Å². The number of nitrogens with zero attached hydrogens (tertiary/aromatic N) is 2. The van der Waals surface area contributed by atoms with E-state index in [-0.39, 0.29) is 12.1 Å². The van der Waals surface area contributed by atoms with E-state index in [1.807, 2.05) is 23.1 Å². The van der Waals surface area contributed by atoms with Gasteiger partial charge >= 0.3 is 6.03 Å². The summed E-state index contributed by atoms with van der Waals surface area (Å²) >= 11 is 0. The zero-order valence-corrected chi connectivity index (χ0v) is 14.4. The third-order valence-electron chi connectivity index (χ3n) is 5.03. The number of benzene rings is 1. The molecule has 1 saturated carbocycles. The van der Waals surface area contributed by atoms with E-state index in [1.165, 1.54) is 18.4 Å². The number of rotatable bonds is 7. The monoisotopic (exact) mass is 331 g/mol. The lowest BCUT2D eigenvalue weighted by Crippen LogP contribution is -2.53. The summed E-state index contributed by atoms with van der Waals surface area (Å²) < 4.78 is 0. The molecule has 2 fully saturated rings. The molecule has 5 heteroatoms. The lowest BCUT2D eigenvalue weighted by Gasteiger charge is -2.35. The van der Waals surface area contributed by atoms with Crippen LogP contribution in [0, 0.1) is 5.92 Å². The molecule has 1 aliphatic carbocycles. The summed E-state index contributed by atoms with van der Waals surface area (Å²) in [6.45, 7) is 4.71. The Morgan fingerprint density at radius 2 is 1.88 bits per heavy atom. The van der Waals surface area contributed by atoms with Crippen molar-refractivity contribution in [3.05, 3.63) is 35.9 Å². The average molecular weight is 331 g/mol. The molecule has 1 atom stereocenters. The predicted octanol–water partition coefficient (Wildman–Crippen LogP) is 1.72. The zero-order valence-electron chi connectivity index (χ0n) is 14.4. The Balaban J connectivity index is 1.29. The van der Waals surface area contributed by atoms with Crippen molar-refractivity contribution in [1.82, 2.24) is 15.1 Å². The van der Waals surface area contributed by atoms with E-state index in [0.717, 1.165) is 45.6 Å². The predicted molar refractivity (Wildman–Crippen MR) is 94.9 cm³/mol. The Hall–Kier alpha value is -1.59. The van der Waals surface area contributed by atoms with Crippen molar-refractivity contribution in [2.24, 2.45) is 5.92 Å². The van der Waals surface area contributed by atoms with E-state index < -0.39 is 0 Å². The molecule has 5 nitrogen and oxygen atoms in total. The fourth-order valence-corrected chi connectivity index (χ4v) is 3.27. The molecule has 1 aromatic rings. The molecule has 3 rings (SSSR count). The van der Waals surface area contributed by atoms with Crippen LogP contribution >= 0.6 is 0 Å². The number of carbonyl (C=O) groups is 1. The third-order valence-corrected chi connectivity index (χ3v) is 5.03. The normalized spacial score (nSPS) is 20.0. The van der Waals surface area contributed by atoms with Crippen molar-refractivity contribution in [2.45, 2.75) is 31.8 Å². The highest BCUT2D eigenvalue weighted by molar-refractivity contribution is 5.74. The molecule has 0 aromatic heterocycles. The number of amides is 2. The van der Waals surface area contributed by atoms with Crippen LogP contribution in [0.15, 0.2) is 30.3 Å². The van der Waals surface area contributed by atoms with Crippen molar-refractivity contribution in [3.63, 3.8) is 0 Å². The van der Waals surface area contributed by atoms with Crippen LogP contribution in [0.2, 0.25) is 0 Å². The molecule has 1 aliphatic heterocycles. The van der Waals surface area contributed by atoms with E-state index in [1.54, 1.807) is 0 Å². The quantitative estimate of drug-likeness (QED) is 0.748. The first-order valence-electron chi connectivity index (χ1n) is 9.19. The highest BCUT2D eigenvalue weighted by Gasteiger charge is 2.31. The van der Waals surface area contributed by atoms with Gasteiger partial charge in [-0.05, 0) is 37.2 Å². The van der Waals surface area contributed by atoms with Gasteiger partial charge in [0.1, 0.15) is 0 Å². The van der Waals surface area contributed by atoms with E-state index in [0.29, 0.717) is 12.5 Å². The molecule has 2 aliphatic rings. The standard InChI is InChI=1S/C19H29N3O2/c23-18(17-8-9-17)15-21-11-13-22(14-12-21)19(24)20-10-4-7-16-5-2-1-3-6-16/h1-3,5-6,17-18,23H,4,7-15H2,(H,20,24). The van der Waals surface area contributed by atoms with Gasteiger partial charge in [-0.15, -0.1) is 0 Å². The Bertz CT molecular complexity index is 511. The molecule has 0 radical (unpaired) electrons. The number of carbonyl (C=O) groups excluding carboxylic acids is 1. The molecule has 24 heavy (non-hydrogen) atoms. The second-order valence-corrected chi connectivity index (χ2v) is 7.01. The molecule has 2 N–H and O–H groups in total. The molecule has 132 valence electrons. The topological polar surface area (TPSA) is 55.8 Å². The van der Waals surface area contributed by atoms with Gasteiger partial charge in [0, 0.05) is 39.3 Å². The highest BCUT2D eigenvalue weighted by Crippen LogP contribution is 2.32. The summed E-state index contributed by atoms with van der Waals surface area (Å²) in [5, 5.41) is 13.0. The fourth-order valence-electron chi connectivity index (χ4n) is 3.27. The van der Waals surface area contributed by atoms with E-state index in [4.69, 9.17) is 0 Å². The van der Waals surface area contributed by atoms with E-state index in [2.05, 4.69) is 22.3 Å². The second kappa shape index (κ2) is 8.49. The molecule has 0 spiro atoms. The minimum atomic E-state index is -0.177. The van der Waals surface area contributed by atoms with Crippen LogP contribution in [0.5, 0.6) is 0 Å². The number of aryl methyl sites for hydroxylation is 1. The average Bonchev–Trinajstić information content (AvgIpc) is 3.45. The van der Waals surface area contributed by atoms with Crippen LogP contribution in [0.4, 0.5) is 4.79 Å². The van der Waals surface area contributed by atoms with Gasteiger partial charge in [-0.2, -0.15) is 0 Å². The van der Waals surface area contributed by atoms with Crippen LogP contribution in [-0.2, 0) is 6.42 Å². The van der Waals surface area contributed by atoms with Crippen molar-refractivity contribution in [3.8, 4) is 0 Å². The van der Waals surface area contributed by atoms with Gasteiger partial charge in [0.25, 0.3) is 0 Å². The van der Waals surface area contributed by atoms with Gasteiger partial charge in [0.05, 0.1) is 6.10 Å². The lowest BCUT2D eigenvalue weighted by atomic mass is 10.1. The molecule has 1 heterocycles. The third kappa shape index (κ3) is 5.21. The van der Waals surface area contributed by atoms with Crippen molar-refractivity contribution in [1.29, 1.82) is 0 Å². The number of β-amino-alcohol motifs (C(OH)–C–C–N with tert-alkyl or cyclic N) is 1. The van der Waals surface area contributed by atoms with Gasteiger partial charge in [-0.25, -0.2) is 4.79 Å². The maximum absolute atomic E-state index is 12.2. The first kappa shape index (κ1) is 17.2. The number of nitrogens with one attached hydrogen (secondary N) is 1. The zero-order chi connectivity index (χ0) is 16.8. The first-order chi connectivity index (χ1) is 11.7. The van der Waals surface area contributed by atoms with Gasteiger partial charge in [-0.3, -0.25) is 4.90 Å². The summed E-state index contributed by atoms with van der Waals surface area (Å²) in [7, 11) is 0. The Labute approximate surface area is 144 Å². The second-order valence-electron chi connectivity index (χ2n) is 7.01. The van der Waals surface area contributed by atoms with Crippen LogP contribution in [0.3, 0.4) is 0 Å². The van der Waals surface area contributed by atoms with Crippen molar-refractivity contribution < 1.29 is 9.90 Å². The molecular weight excluding hydrogens is 302 g/mol. The fraction of sp³-hybridized carbons (Fsp3) is 0.632. The van der Waals surface area contributed by atoms with Crippen LogP contribution < -0.4 is 5.32 Å². The van der Waals surface area contributed by atoms with Crippen molar-refractivity contribution in [2.75, 3.05) is 39.3 Å². The number of hydrogen-bond acceptors (Lipinski definition) is 3. The molecule has 0 bridgehead atoms. The highest BCUT2D eigenvalue weighted by atomic mass is 16.3. The number of piperazine rings is 1. The summed E-state index contributed by atoms with van der Waals surface area (Å²) in [6, 6.07) is 10.4. The van der Waals surface area contributed by atoms with Gasteiger partial charge < -0.3 is 15.3 Å². The minimum absolute atomic E-state index is 0.0467. The Morgan fingerprint density at radius 1 is 1.17 bits per heavy atom. The van der Waals surface area contributed by atoms with Crippen molar-refractivity contribution >= 4 is 6.03 Å². The van der Waals surface area contributed by atoms with Crippen LogP contribution in [-0.4, -0.2) is 66.3 Å². The number of urea groups is 1. The largest absolute Gasteiger partial charge is 0.392 e. The molecular formula is C19H29N3O2. The molecule has 1 saturated heterocycles. The smallest absolute Gasteiger partial charge is 0.317 e. The molecule has 2 amide bonds. The maximum Gasteiger partial charge on any atom is 0.317 e. The number of aliphatic hydroxyl groups is 1. The molecule has 1 unspecified atom stereocenters. The minimum Gasteiger partial charge on any atom is -0.392 e. The number of hydrogen-bond donors (Lipinski definition) is 2. The summed E-state index contributed by atoms with van der Waals surface area (Å²) in [5.74, 6) is 0.524. The summed E-state index contributed by atoms with van der Waals surface area (Å²) in [6.07, 6.45) is 4.12.